The van der Waals surface area contributed by atoms with Crippen LogP contribution in [-0.4, -0.2) is 18.0 Å². The highest BCUT2D eigenvalue weighted by Crippen LogP contribution is 2.32. The van der Waals surface area contributed by atoms with E-state index in [4.69, 9.17) is 10.5 Å². The minimum atomic E-state index is -0.144. The van der Waals surface area contributed by atoms with Gasteiger partial charge >= 0.3 is 0 Å². The van der Waals surface area contributed by atoms with Gasteiger partial charge in [-0.15, -0.1) is 0 Å². The SMILES string of the molecule is COc1ccc(-c2cc(NC(C)=O)cc(Nc3ccc(Br)cc3N)c2)cn1. The van der Waals surface area contributed by atoms with Gasteiger partial charge in [-0.05, 0) is 48.0 Å². The monoisotopic (exact) mass is 426 g/mol. The third-order valence-corrected chi connectivity index (χ3v) is 4.32. The number of methoxy groups -OCH3 is 1. The number of pyridine rings is 1. The summed E-state index contributed by atoms with van der Waals surface area (Å²) in [5.74, 6) is 0.395. The van der Waals surface area contributed by atoms with E-state index >= 15 is 0 Å². The molecule has 1 heterocycles. The predicted octanol–water partition coefficient (Wildman–Crippen LogP) is 4.80. The first-order valence-electron chi connectivity index (χ1n) is 8.20. The zero-order valence-electron chi connectivity index (χ0n) is 14.9. The van der Waals surface area contributed by atoms with Crippen molar-refractivity contribution in [1.82, 2.24) is 4.98 Å². The number of hydrogen-bond donors (Lipinski definition) is 3. The number of nitrogens with two attached hydrogens (primary N) is 1. The summed E-state index contributed by atoms with van der Waals surface area (Å²) < 4.78 is 6.01. The van der Waals surface area contributed by atoms with Gasteiger partial charge in [-0.3, -0.25) is 4.79 Å². The number of ether oxygens (including phenoxy) is 1. The highest BCUT2D eigenvalue weighted by atomic mass is 79.9. The summed E-state index contributed by atoms with van der Waals surface area (Å²) in [6.45, 7) is 1.47. The Balaban J connectivity index is 2.00. The van der Waals surface area contributed by atoms with Crippen molar-refractivity contribution in [3.63, 3.8) is 0 Å². The average Bonchev–Trinajstić information content (AvgIpc) is 2.63. The maximum atomic E-state index is 11.5. The smallest absolute Gasteiger partial charge is 0.221 e. The molecule has 4 N–H and O–H groups in total. The molecule has 3 aromatic rings. The molecule has 0 atom stereocenters. The number of aromatic nitrogens is 1. The van der Waals surface area contributed by atoms with Crippen LogP contribution in [0, 0.1) is 0 Å². The molecule has 1 aromatic heterocycles. The number of carbonyl (C=O) groups is 1. The average molecular weight is 427 g/mol. The number of carbonyl (C=O) groups excluding carboxylic acids is 1. The number of nitrogen functional groups attached to an aromatic ring is 1. The minimum Gasteiger partial charge on any atom is -0.481 e. The molecule has 0 spiro atoms. The summed E-state index contributed by atoms with van der Waals surface area (Å²) in [5.41, 5.74) is 10.7. The fourth-order valence-corrected chi connectivity index (χ4v) is 3.00. The Kier molecular flexibility index (Phi) is 5.61. The van der Waals surface area contributed by atoms with Crippen LogP contribution >= 0.6 is 15.9 Å². The van der Waals surface area contributed by atoms with E-state index in [1.807, 2.05) is 42.5 Å². The van der Waals surface area contributed by atoms with Crippen molar-refractivity contribution in [3.8, 4) is 17.0 Å². The number of nitrogens with one attached hydrogen (secondary N) is 2. The van der Waals surface area contributed by atoms with Crippen molar-refractivity contribution in [2.75, 3.05) is 23.5 Å². The van der Waals surface area contributed by atoms with Gasteiger partial charge in [-0.1, -0.05) is 15.9 Å². The number of halogens is 1. The van der Waals surface area contributed by atoms with Gasteiger partial charge in [0.15, 0.2) is 0 Å². The van der Waals surface area contributed by atoms with E-state index in [2.05, 4.69) is 31.5 Å². The fourth-order valence-electron chi connectivity index (χ4n) is 2.62. The summed E-state index contributed by atoms with van der Waals surface area (Å²) in [7, 11) is 1.57. The molecule has 27 heavy (non-hydrogen) atoms. The van der Waals surface area contributed by atoms with Crippen LogP contribution in [0.15, 0.2) is 59.2 Å². The normalized spacial score (nSPS) is 10.3. The van der Waals surface area contributed by atoms with Crippen molar-refractivity contribution < 1.29 is 9.53 Å². The zero-order valence-corrected chi connectivity index (χ0v) is 16.5. The molecule has 7 heteroatoms. The molecule has 0 aliphatic rings. The topological polar surface area (TPSA) is 89.3 Å². The zero-order chi connectivity index (χ0) is 19.4. The second-order valence-electron chi connectivity index (χ2n) is 5.93. The standard InChI is InChI=1S/C20H19BrN4O2/c1-12(26)24-16-7-14(13-3-6-20(27-2)23-11-13)8-17(10-16)25-19-5-4-15(21)9-18(19)22/h3-11,25H,22H2,1-2H3,(H,24,26). The van der Waals surface area contributed by atoms with E-state index in [-0.39, 0.29) is 5.91 Å². The van der Waals surface area contributed by atoms with Crippen molar-refractivity contribution in [1.29, 1.82) is 0 Å². The Morgan fingerprint density at radius 1 is 1.07 bits per heavy atom. The van der Waals surface area contributed by atoms with Gasteiger partial charge in [-0.25, -0.2) is 4.98 Å². The van der Waals surface area contributed by atoms with E-state index in [1.165, 1.54) is 6.92 Å². The molecule has 0 saturated heterocycles. The molecule has 0 saturated carbocycles. The van der Waals surface area contributed by atoms with E-state index in [9.17, 15) is 4.79 Å². The lowest BCUT2D eigenvalue weighted by molar-refractivity contribution is -0.114. The predicted molar refractivity (Wildman–Crippen MR) is 112 cm³/mol. The minimum absolute atomic E-state index is 0.144. The summed E-state index contributed by atoms with van der Waals surface area (Å²) in [6.07, 6.45) is 1.73. The molecule has 0 radical (unpaired) electrons. The molecule has 0 unspecified atom stereocenters. The number of anilines is 4. The summed E-state index contributed by atoms with van der Waals surface area (Å²) in [4.78, 5) is 15.8. The van der Waals surface area contributed by atoms with E-state index in [0.717, 1.165) is 27.0 Å². The Labute approximate surface area is 165 Å². The first-order valence-corrected chi connectivity index (χ1v) is 8.99. The van der Waals surface area contributed by atoms with Crippen LogP contribution in [0.5, 0.6) is 5.88 Å². The lowest BCUT2D eigenvalue weighted by Gasteiger charge is -2.14. The maximum Gasteiger partial charge on any atom is 0.221 e. The van der Waals surface area contributed by atoms with Gasteiger partial charge in [0, 0.05) is 40.6 Å². The molecule has 0 fully saturated rings. The number of nitrogens with zero attached hydrogens (tertiary/aromatic N) is 1. The van der Waals surface area contributed by atoms with Crippen LogP contribution in [0.25, 0.3) is 11.1 Å². The Hall–Kier alpha value is -3.06. The molecular formula is C20H19BrN4O2. The largest absolute Gasteiger partial charge is 0.481 e. The van der Waals surface area contributed by atoms with Gasteiger partial charge < -0.3 is 21.1 Å². The number of hydrogen-bond acceptors (Lipinski definition) is 5. The summed E-state index contributed by atoms with van der Waals surface area (Å²) in [5, 5.41) is 6.13. The van der Waals surface area contributed by atoms with Crippen LogP contribution in [0.3, 0.4) is 0 Å². The molecule has 6 nitrogen and oxygen atoms in total. The highest BCUT2D eigenvalue weighted by Gasteiger charge is 2.08. The van der Waals surface area contributed by atoms with Crippen molar-refractivity contribution in [2.45, 2.75) is 6.92 Å². The van der Waals surface area contributed by atoms with Gasteiger partial charge in [0.05, 0.1) is 18.5 Å². The highest BCUT2D eigenvalue weighted by molar-refractivity contribution is 9.10. The van der Waals surface area contributed by atoms with Crippen LogP contribution in [0.2, 0.25) is 0 Å². The van der Waals surface area contributed by atoms with Crippen LogP contribution in [0.1, 0.15) is 6.92 Å². The van der Waals surface area contributed by atoms with E-state index < -0.39 is 0 Å². The maximum absolute atomic E-state index is 11.5. The summed E-state index contributed by atoms with van der Waals surface area (Å²) >= 11 is 3.40. The van der Waals surface area contributed by atoms with Crippen LogP contribution in [-0.2, 0) is 4.79 Å². The van der Waals surface area contributed by atoms with Gasteiger partial charge in [-0.2, -0.15) is 0 Å². The third kappa shape index (κ3) is 4.77. The molecule has 0 aliphatic heterocycles. The Morgan fingerprint density at radius 2 is 1.85 bits per heavy atom. The van der Waals surface area contributed by atoms with Crippen LogP contribution < -0.4 is 21.1 Å². The molecule has 1 amide bonds. The second kappa shape index (κ2) is 8.09. The molecule has 0 aliphatic carbocycles. The Bertz CT molecular complexity index is 974. The molecule has 2 aromatic carbocycles. The summed E-state index contributed by atoms with van der Waals surface area (Å²) in [6, 6.07) is 15.0. The first-order chi connectivity index (χ1) is 12.9. The van der Waals surface area contributed by atoms with Gasteiger partial charge in [0.1, 0.15) is 0 Å². The number of amides is 1. The van der Waals surface area contributed by atoms with Crippen LogP contribution in [0.4, 0.5) is 22.7 Å². The van der Waals surface area contributed by atoms with Crippen molar-refractivity contribution in [2.24, 2.45) is 0 Å². The van der Waals surface area contributed by atoms with Crippen molar-refractivity contribution >= 4 is 44.6 Å². The second-order valence-corrected chi connectivity index (χ2v) is 6.84. The quantitative estimate of drug-likeness (QED) is 0.509. The van der Waals surface area contributed by atoms with E-state index in [1.54, 1.807) is 19.4 Å². The van der Waals surface area contributed by atoms with Crippen molar-refractivity contribution in [3.05, 3.63) is 59.2 Å². The van der Waals surface area contributed by atoms with E-state index in [0.29, 0.717) is 17.3 Å². The molecular weight excluding hydrogens is 408 g/mol. The van der Waals surface area contributed by atoms with Gasteiger partial charge in [0.25, 0.3) is 0 Å². The molecule has 0 bridgehead atoms. The molecule has 138 valence electrons. The lowest BCUT2D eigenvalue weighted by atomic mass is 10.1. The third-order valence-electron chi connectivity index (χ3n) is 3.82. The Morgan fingerprint density at radius 3 is 2.48 bits per heavy atom. The molecule has 3 rings (SSSR count). The lowest BCUT2D eigenvalue weighted by Crippen LogP contribution is -2.06. The number of rotatable bonds is 5. The fraction of sp³-hybridized carbons (Fsp3) is 0.100. The number of benzene rings is 2. The van der Waals surface area contributed by atoms with Gasteiger partial charge in [0.2, 0.25) is 11.8 Å². The first kappa shape index (κ1) is 18.7.